The number of hydrogen-bond acceptors (Lipinski definition) is 3. The molecular weight excluding hydrogens is 240 g/mol. The number of esters is 1. The van der Waals surface area contributed by atoms with E-state index in [4.69, 9.17) is 4.74 Å². The second-order valence-electron chi connectivity index (χ2n) is 5.44. The van der Waals surface area contributed by atoms with Crippen molar-refractivity contribution in [2.24, 2.45) is 5.92 Å². The first kappa shape index (κ1) is 13.7. The number of carbonyl (C=O) groups excluding carboxylic acids is 1. The van der Waals surface area contributed by atoms with Crippen molar-refractivity contribution in [2.45, 2.75) is 38.7 Å². The molecule has 19 heavy (non-hydrogen) atoms. The number of cyclic esters (lactones) is 1. The van der Waals surface area contributed by atoms with Gasteiger partial charge in [0.25, 0.3) is 0 Å². The Morgan fingerprint density at radius 2 is 2.00 bits per heavy atom. The van der Waals surface area contributed by atoms with Crippen LogP contribution in [0.25, 0.3) is 0 Å². The molecule has 0 radical (unpaired) electrons. The highest BCUT2D eigenvalue weighted by Gasteiger charge is 2.40. The van der Waals surface area contributed by atoms with Crippen LogP contribution in [0.5, 0.6) is 0 Å². The Balaban J connectivity index is 2.13. The van der Waals surface area contributed by atoms with Crippen LogP contribution < -0.4 is 0 Å². The van der Waals surface area contributed by atoms with Gasteiger partial charge >= 0.3 is 5.97 Å². The zero-order valence-corrected chi connectivity index (χ0v) is 11.4. The van der Waals surface area contributed by atoms with Gasteiger partial charge < -0.3 is 9.84 Å². The lowest BCUT2D eigenvalue weighted by Gasteiger charge is -2.39. The van der Waals surface area contributed by atoms with Gasteiger partial charge in [0.1, 0.15) is 11.4 Å². The molecule has 0 aromatic heterocycles. The highest BCUT2D eigenvalue weighted by Crippen LogP contribution is 2.36. The molecule has 0 spiro atoms. The molecule has 0 amide bonds. The minimum absolute atomic E-state index is 0.123. The number of benzene rings is 1. The molecule has 0 saturated carbocycles. The van der Waals surface area contributed by atoms with E-state index >= 15 is 0 Å². The summed E-state index contributed by atoms with van der Waals surface area (Å²) in [4.78, 5) is 11.5. The second kappa shape index (κ2) is 5.47. The third-order valence-electron chi connectivity index (χ3n) is 3.80. The molecule has 1 aromatic rings. The lowest BCUT2D eigenvalue weighted by atomic mass is 9.80. The Morgan fingerprint density at radius 1 is 1.32 bits per heavy atom. The molecule has 3 nitrogen and oxygen atoms in total. The van der Waals surface area contributed by atoms with Gasteiger partial charge in [-0.15, -0.1) is 0 Å². The summed E-state index contributed by atoms with van der Waals surface area (Å²) in [7, 11) is 0. The third-order valence-corrected chi connectivity index (χ3v) is 3.80. The van der Waals surface area contributed by atoms with Gasteiger partial charge in [0.05, 0.1) is 6.08 Å². The van der Waals surface area contributed by atoms with E-state index in [1.165, 1.54) is 11.6 Å². The maximum absolute atomic E-state index is 11.5. The quantitative estimate of drug-likeness (QED) is 0.844. The van der Waals surface area contributed by atoms with Crippen LogP contribution in [0.2, 0.25) is 0 Å². The van der Waals surface area contributed by atoms with Crippen LogP contribution in [-0.4, -0.2) is 16.7 Å². The Bertz CT molecular complexity index is 476. The van der Waals surface area contributed by atoms with E-state index in [1.807, 2.05) is 32.0 Å². The van der Waals surface area contributed by atoms with E-state index in [1.54, 1.807) is 0 Å². The fourth-order valence-electron chi connectivity index (χ4n) is 2.51. The van der Waals surface area contributed by atoms with Crippen LogP contribution in [0.3, 0.4) is 0 Å². The first-order valence-corrected chi connectivity index (χ1v) is 6.68. The first-order valence-electron chi connectivity index (χ1n) is 6.68. The van der Waals surface area contributed by atoms with Crippen LogP contribution in [-0.2, 0) is 16.0 Å². The summed E-state index contributed by atoms with van der Waals surface area (Å²) in [6, 6.07) is 10.1. The molecule has 2 rings (SSSR count). The summed E-state index contributed by atoms with van der Waals surface area (Å²) < 4.78 is 5.55. The Morgan fingerprint density at radius 3 is 2.58 bits per heavy atom. The Labute approximate surface area is 113 Å². The van der Waals surface area contributed by atoms with E-state index in [-0.39, 0.29) is 11.7 Å². The summed E-state index contributed by atoms with van der Waals surface area (Å²) in [5.74, 6) is -0.153. The predicted octanol–water partition coefficient (Wildman–Crippen LogP) is 3.40. The smallest absolute Gasteiger partial charge is 0.334 e. The number of aryl methyl sites for hydroxylation is 1. The van der Waals surface area contributed by atoms with Gasteiger partial charge in [-0.05, 0) is 24.3 Å². The molecule has 0 saturated heterocycles. The molecule has 1 atom stereocenters. The van der Waals surface area contributed by atoms with Gasteiger partial charge in [0.2, 0.25) is 0 Å². The van der Waals surface area contributed by atoms with E-state index in [9.17, 15) is 9.90 Å². The van der Waals surface area contributed by atoms with Gasteiger partial charge in [-0.2, -0.15) is 0 Å². The van der Waals surface area contributed by atoms with Crippen LogP contribution in [0.4, 0.5) is 0 Å². The molecule has 0 bridgehead atoms. The number of carbonyl (C=O) groups is 1. The highest BCUT2D eigenvalue weighted by atomic mass is 16.6. The lowest BCUT2D eigenvalue weighted by molar-refractivity contribution is -0.163. The van der Waals surface area contributed by atoms with Crippen molar-refractivity contribution in [3.63, 3.8) is 0 Å². The summed E-state index contributed by atoms with van der Waals surface area (Å²) in [6.07, 6.45) is 3.13. The van der Waals surface area contributed by atoms with Crippen LogP contribution in [0.15, 0.2) is 42.2 Å². The van der Waals surface area contributed by atoms with Gasteiger partial charge in [-0.3, -0.25) is 0 Å². The Kier molecular flexibility index (Phi) is 3.93. The molecule has 1 aliphatic heterocycles. The largest absolute Gasteiger partial charge is 0.512 e. The number of aliphatic hydroxyl groups is 1. The van der Waals surface area contributed by atoms with Crippen molar-refractivity contribution < 1.29 is 14.6 Å². The van der Waals surface area contributed by atoms with Gasteiger partial charge in [0, 0.05) is 6.42 Å². The molecule has 0 fully saturated rings. The topological polar surface area (TPSA) is 46.5 Å². The Hall–Kier alpha value is -1.77. The van der Waals surface area contributed by atoms with Crippen LogP contribution >= 0.6 is 0 Å². The van der Waals surface area contributed by atoms with Crippen molar-refractivity contribution in [3.05, 3.63) is 47.7 Å². The predicted molar refractivity (Wildman–Crippen MR) is 73.8 cm³/mol. The van der Waals surface area contributed by atoms with Crippen LogP contribution in [0, 0.1) is 5.92 Å². The standard InChI is InChI=1S/C16H20O3/c1-12(2)16(11-14(17)10-15(18)19-16)9-8-13-6-4-3-5-7-13/h3-7,10,12,17H,8-9,11H2,1-2H3. The summed E-state index contributed by atoms with van der Waals surface area (Å²) >= 11 is 0. The SMILES string of the molecule is CC(C)C1(CCc2ccccc2)CC(O)=CC(=O)O1. The average molecular weight is 260 g/mol. The number of hydrogen-bond donors (Lipinski definition) is 1. The highest BCUT2D eigenvalue weighted by molar-refractivity contribution is 5.83. The molecule has 1 aliphatic rings. The van der Waals surface area contributed by atoms with Gasteiger partial charge in [-0.25, -0.2) is 4.79 Å². The van der Waals surface area contributed by atoms with Crippen molar-refractivity contribution in [3.8, 4) is 0 Å². The average Bonchev–Trinajstić information content (AvgIpc) is 2.36. The summed E-state index contributed by atoms with van der Waals surface area (Å²) in [5, 5.41) is 9.72. The minimum atomic E-state index is -0.592. The monoisotopic (exact) mass is 260 g/mol. The second-order valence-corrected chi connectivity index (χ2v) is 5.44. The maximum Gasteiger partial charge on any atom is 0.334 e. The summed E-state index contributed by atoms with van der Waals surface area (Å²) in [5.41, 5.74) is 0.624. The van der Waals surface area contributed by atoms with Crippen molar-refractivity contribution in [1.82, 2.24) is 0 Å². The minimum Gasteiger partial charge on any atom is -0.512 e. The first-order chi connectivity index (χ1) is 9.02. The maximum atomic E-state index is 11.5. The number of aliphatic hydroxyl groups excluding tert-OH is 1. The van der Waals surface area contributed by atoms with Crippen LogP contribution in [0.1, 0.15) is 32.3 Å². The fraction of sp³-hybridized carbons (Fsp3) is 0.438. The third kappa shape index (κ3) is 3.16. The zero-order valence-electron chi connectivity index (χ0n) is 11.4. The normalized spacial score (nSPS) is 23.1. The van der Waals surface area contributed by atoms with Crippen molar-refractivity contribution in [2.75, 3.05) is 0 Å². The van der Waals surface area contributed by atoms with E-state index in [0.29, 0.717) is 6.42 Å². The summed E-state index contributed by atoms with van der Waals surface area (Å²) in [6.45, 7) is 4.05. The lowest BCUT2D eigenvalue weighted by Crippen LogP contribution is -2.43. The molecule has 1 heterocycles. The van der Waals surface area contributed by atoms with Crippen molar-refractivity contribution >= 4 is 5.97 Å². The molecule has 0 aliphatic carbocycles. The number of rotatable bonds is 4. The molecule has 1 aromatic carbocycles. The zero-order chi connectivity index (χ0) is 13.9. The van der Waals surface area contributed by atoms with E-state index < -0.39 is 11.6 Å². The fourth-order valence-corrected chi connectivity index (χ4v) is 2.51. The molecule has 3 heteroatoms. The van der Waals surface area contributed by atoms with Gasteiger partial charge in [0.15, 0.2) is 0 Å². The van der Waals surface area contributed by atoms with Gasteiger partial charge in [-0.1, -0.05) is 44.2 Å². The van der Waals surface area contributed by atoms with Crippen molar-refractivity contribution in [1.29, 1.82) is 0 Å². The molecule has 102 valence electrons. The van der Waals surface area contributed by atoms with E-state index in [2.05, 4.69) is 12.1 Å². The molecule has 1 unspecified atom stereocenters. The molecular formula is C16H20O3. The number of ether oxygens (including phenoxy) is 1. The molecule has 1 N–H and O–H groups in total. The van der Waals surface area contributed by atoms with E-state index in [0.717, 1.165) is 12.8 Å².